The molecule has 1 aromatic carbocycles. The summed E-state index contributed by atoms with van der Waals surface area (Å²) in [4.78, 5) is 9.41. The Morgan fingerprint density at radius 1 is 1.41 bits per heavy atom. The molecule has 0 aliphatic rings. The third-order valence-electron chi connectivity index (χ3n) is 1.61. The molecule has 0 spiro atoms. The van der Waals surface area contributed by atoms with Crippen LogP contribution < -0.4 is 10.6 Å². The van der Waals surface area contributed by atoms with E-state index in [9.17, 15) is 18.5 Å². The van der Waals surface area contributed by atoms with Crippen molar-refractivity contribution in [1.82, 2.24) is 0 Å². The van der Waals surface area contributed by atoms with Crippen LogP contribution in [0.25, 0.3) is 0 Å². The Morgan fingerprint density at radius 3 is 2.35 bits per heavy atom. The Bertz CT molecular complexity index is 554. The molecular formula is C7H7BrN4O4S. The number of benzene rings is 1. The zero-order valence-corrected chi connectivity index (χ0v) is 10.6. The zero-order chi connectivity index (χ0) is 13.1. The van der Waals surface area contributed by atoms with Gasteiger partial charge in [-0.1, -0.05) is 0 Å². The van der Waals surface area contributed by atoms with Crippen LogP contribution in [0.5, 0.6) is 0 Å². The number of nitrogens with one attached hydrogen (secondary N) is 1. The van der Waals surface area contributed by atoms with Crippen LogP contribution in [0.4, 0.5) is 5.69 Å². The maximum atomic E-state index is 10.9. The lowest BCUT2D eigenvalue weighted by Gasteiger charge is -1.99. The van der Waals surface area contributed by atoms with Gasteiger partial charge in [-0.25, -0.2) is 13.6 Å². The fourth-order valence-corrected chi connectivity index (χ4v) is 1.47. The Kier molecular flexibility index (Phi) is 4.15. The number of hydrogen-bond donors (Lipinski definition) is 2. The smallest absolute Gasteiger partial charge is 0.357 e. The Morgan fingerprint density at radius 2 is 1.94 bits per heavy atom. The molecule has 3 N–H and O–H groups in total. The van der Waals surface area contributed by atoms with Crippen LogP contribution in [-0.2, 0) is 10.0 Å². The van der Waals surface area contributed by atoms with Crippen LogP contribution in [0.3, 0.4) is 0 Å². The van der Waals surface area contributed by atoms with Crippen molar-refractivity contribution in [2.75, 3.05) is 5.43 Å². The summed E-state index contributed by atoms with van der Waals surface area (Å²) in [7, 11) is -3.75. The second-order valence-corrected chi connectivity index (χ2v) is 5.09. The zero-order valence-electron chi connectivity index (χ0n) is 8.20. The monoisotopic (exact) mass is 322 g/mol. The van der Waals surface area contributed by atoms with E-state index < -0.39 is 19.7 Å². The maximum Gasteiger partial charge on any atom is 0.430 e. The highest BCUT2D eigenvalue weighted by atomic mass is 79.9. The molecule has 0 fully saturated rings. The lowest BCUT2D eigenvalue weighted by molar-refractivity contribution is -0.342. The van der Waals surface area contributed by atoms with E-state index in [0.717, 1.165) is 0 Å². The Labute approximate surface area is 105 Å². The number of nitrogens with two attached hydrogens (primary N) is 1. The summed E-state index contributed by atoms with van der Waals surface area (Å²) < 4.78 is 21.4. The van der Waals surface area contributed by atoms with E-state index in [1.807, 2.05) is 0 Å². The summed E-state index contributed by atoms with van der Waals surface area (Å²) in [6.07, 6.45) is 0. The molecule has 0 unspecified atom stereocenters. The largest absolute Gasteiger partial charge is 0.430 e. The van der Waals surface area contributed by atoms with Crippen LogP contribution in [0, 0.1) is 10.1 Å². The van der Waals surface area contributed by atoms with Gasteiger partial charge in [0.05, 0.1) is 31.6 Å². The highest BCUT2D eigenvalue weighted by molar-refractivity contribution is 9.18. The first kappa shape index (κ1) is 13.5. The fraction of sp³-hybridized carbons (Fsp3) is 0. The lowest BCUT2D eigenvalue weighted by atomic mass is 10.3. The number of primary sulfonamides is 1. The van der Waals surface area contributed by atoms with E-state index in [1.54, 1.807) is 0 Å². The highest BCUT2D eigenvalue weighted by Crippen LogP contribution is 2.12. The molecular weight excluding hydrogens is 316 g/mol. The van der Waals surface area contributed by atoms with Gasteiger partial charge in [0.1, 0.15) is 0 Å². The van der Waals surface area contributed by atoms with Gasteiger partial charge in [-0.2, -0.15) is 5.43 Å². The first-order valence-corrected chi connectivity index (χ1v) is 6.41. The van der Waals surface area contributed by atoms with Gasteiger partial charge in [0.15, 0.2) is 0 Å². The van der Waals surface area contributed by atoms with Gasteiger partial charge in [0.2, 0.25) is 10.0 Å². The van der Waals surface area contributed by atoms with Gasteiger partial charge in [0.25, 0.3) is 0 Å². The molecule has 0 atom stereocenters. The standard InChI is InChI=1S/C7H7BrN4O4S/c8-7(12(13)14)11-10-5-1-3-6(4-2-5)17(9,15)16/h1-4,10H,(H2,9,15,16)/b11-7+. The molecule has 0 heterocycles. The van der Waals surface area contributed by atoms with Crippen molar-refractivity contribution in [3.8, 4) is 0 Å². The first-order valence-electron chi connectivity index (χ1n) is 4.07. The maximum absolute atomic E-state index is 10.9. The van der Waals surface area contributed by atoms with Crippen LogP contribution in [0.15, 0.2) is 34.3 Å². The first-order chi connectivity index (χ1) is 7.80. The molecule has 0 aliphatic carbocycles. The molecule has 8 nitrogen and oxygen atoms in total. The van der Waals surface area contributed by atoms with Gasteiger partial charge in [0, 0.05) is 0 Å². The van der Waals surface area contributed by atoms with E-state index >= 15 is 0 Å². The SMILES string of the molecule is NS(=O)(=O)c1ccc(N/N=C(\Br)[N+](=O)[O-])cc1. The van der Waals surface area contributed by atoms with Crippen molar-refractivity contribution >= 4 is 36.4 Å². The number of nitrogens with zero attached hydrogens (tertiary/aromatic N) is 2. The number of hydrogen-bond acceptors (Lipinski definition) is 6. The summed E-state index contributed by atoms with van der Waals surface area (Å²) in [6, 6.07) is 5.27. The molecule has 0 saturated carbocycles. The quantitative estimate of drug-likeness (QED) is 0.278. The van der Waals surface area contributed by atoms with E-state index in [1.165, 1.54) is 24.3 Å². The second-order valence-electron chi connectivity index (χ2n) is 2.82. The van der Waals surface area contributed by atoms with Crippen LogP contribution in [0.2, 0.25) is 0 Å². The predicted octanol–water partition coefficient (Wildman–Crippen LogP) is 0.689. The number of anilines is 1. The minimum Gasteiger partial charge on any atom is -0.357 e. The van der Waals surface area contributed by atoms with Crippen LogP contribution in [0.1, 0.15) is 0 Å². The molecule has 0 saturated heterocycles. The van der Waals surface area contributed by atoms with E-state index in [-0.39, 0.29) is 4.90 Å². The molecule has 0 amide bonds. The number of hydrazone groups is 1. The van der Waals surface area contributed by atoms with E-state index in [0.29, 0.717) is 5.69 Å². The van der Waals surface area contributed by atoms with Crippen molar-refractivity contribution in [3.05, 3.63) is 34.4 Å². The van der Waals surface area contributed by atoms with Crippen molar-refractivity contribution in [1.29, 1.82) is 0 Å². The minimum atomic E-state index is -3.75. The molecule has 0 aromatic heterocycles. The molecule has 92 valence electrons. The van der Waals surface area contributed by atoms with Crippen molar-refractivity contribution < 1.29 is 13.3 Å². The number of rotatable bonds is 3. The number of halogens is 1. The van der Waals surface area contributed by atoms with Gasteiger partial charge >= 0.3 is 4.74 Å². The highest BCUT2D eigenvalue weighted by Gasteiger charge is 2.08. The summed E-state index contributed by atoms with van der Waals surface area (Å²) in [5, 5.41) is 18.5. The van der Waals surface area contributed by atoms with E-state index in [4.69, 9.17) is 5.14 Å². The second kappa shape index (κ2) is 5.21. The van der Waals surface area contributed by atoms with Crippen LogP contribution in [-0.4, -0.2) is 18.1 Å². The van der Waals surface area contributed by atoms with Gasteiger partial charge in [-0.3, -0.25) is 0 Å². The number of amidine groups is 1. The topological polar surface area (TPSA) is 128 Å². The average molecular weight is 323 g/mol. The summed E-state index contributed by atoms with van der Waals surface area (Å²) >= 11 is 2.62. The summed E-state index contributed by atoms with van der Waals surface area (Å²) in [5.74, 6) is 0. The number of nitro groups is 1. The van der Waals surface area contributed by atoms with Crippen molar-refractivity contribution in [2.45, 2.75) is 4.90 Å². The molecule has 0 radical (unpaired) electrons. The van der Waals surface area contributed by atoms with Crippen molar-refractivity contribution in [2.24, 2.45) is 10.2 Å². The fourth-order valence-electron chi connectivity index (χ4n) is 0.871. The van der Waals surface area contributed by atoms with E-state index in [2.05, 4.69) is 26.5 Å². The molecule has 0 bridgehead atoms. The number of sulfonamides is 1. The average Bonchev–Trinajstić information content (AvgIpc) is 2.25. The Balaban J connectivity index is 2.83. The van der Waals surface area contributed by atoms with Gasteiger partial charge in [-0.15, -0.1) is 0 Å². The normalized spacial score (nSPS) is 12.2. The van der Waals surface area contributed by atoms with Gasteiger partial charge in [-0.05, 0) is 29.2 Å². The molecule has 10 heteroatoms. The van der Waals surface area contributed by atoms with Crippen LogP contribution >= 0.6 is 15.9 Å². The van der Waals surface area contributed by atoms with Gasteiger partial charge < -0.3 is 10.1 Å². The molecule has 17 heavy (non-hydrogen) atoms. The molecule has 1 aromatic rings. The van der Waals surface area contributed by atoms with Crippen molar-refractivity contribution in [3.63, 3.8) is 0 Å². The minimum absolute atomic E-state index is 0.0552. The lowest BCUT2D eigenvalue weighted by Crippen LogP contribution is -2.11. The summed E-state index contributed by atoms with van der Waals surface area (Å²) in [6.45, 7) is 0. The summed E-state index contributed by atoms with van der Waals surface area (Å²) in [5.41, 5.74) is 2.75. The molecule has 0 aliphatic heterocycles. The predicted molar refractivity (Wildman–Crippen MR) is 64.8 cm³/mol. The third-order valence-corrected chi connectivity index (χ3v) is 3.01. The third kappa shape index (κ3) is 4.09. The molecule has 1 rings (SSSR count). The Hall–Kier alpha value is -1.52.